The van der Waals surface area contributed by atoms with Gasteiger partial charge in [-0.05, 0) is 48.7 Å². The minimum Gasteiger partial charge on any atom is -0.496 e. The fourth-order valence-electron chi connectivity index (χ4n) is 3.26. The molecule has 0 radical (unpaired) electrons. The highest BCUT2D eigenvalue weighted by Gasteiger charge is 2.18. The molecular formula is C21H18O2. The number of benzene rings is 3. The number of para-hydroxylation sites is 1. The fourth-order valence-corrected chi connectivity index (χ4v) is 3.26. The molecule has 2 heteroatoms. The Morgan fingerprint density at radius 1 is 0.826 bits per heavy atom. The van der Waals surface area contributed by atoms with Crippen LogP contribution in [-0.4, -0.2) is 7.11 Å². The Labute approximate surface area is 135 Å². The number of hydrogen-bond donors (Lipinski definition) is 0. The maximum atomic E-state index is 6.03. The first-order valence-electron chi connectivity index (χ1n) is 7.75. The first-order valence-corrected chi connectivity index (χ1v) is 7.75. The Hall–Kier alpha value is -2.74. The number of methoxy groups -OCH3 is 1. The second-order valence-corrected chi connectivity index (χ2v) is 5.86. The van der Waals surface area contributed by atoms with Gasteiger partial charge in [-0.2, -0.15) is 0 Å². The van der Waals surface area contributed by atoms with Gasteiger partial charge >= 0.3 is 0 Å². The monoisotopic (exact) mass is 302 g/mol. The third kappa shape index (κ3) is 2.02. The number of hydrogen-bond acceptors (Lipinski definition) is 2. The summed E-state index contributed by atoms with van der Waals surface area (Å²) >= 11 is 0. The summed E-state index contributed by atoms with van der Waals surface area (Å²) in [5, 5.41) is 2.24. The summed E-state index contributed by atoms with van der Waals surface area (Å²) < 4.78 is 11.7. The van der Waals surface area contributed by atoms with E-state index in [1.54, 1.807) is 7.11 Å². The normalized spacial score (nSPS) is 11.3. The van der Waals surface area contributed by atoms with Gasteiger partial charge < -0.3 is 9.15 Å². The van der Waals surface area contributed by atoms with Crippen molar-refractivity contribution in [3.63, 3.8) is 0 Å². The molecule has 0 bridgehead atoms. The molecule has 0 spiro atoms. The Morgan fingerprint density at radius 3 is 2.48 bits per heavy atom. The van der Waals surface area contributed by atoms with Crippen molar-refractivity contribution in [1.82, 2.24) is 0 Å². The van der Waals surface area contributed by atoms with Gasteiger partial charge in [0.2, 0.25) is 0 Å². The standard InChI is InChI=1S/C21H18O2/c1-13-7-6-9-15(14(13)2)20-18(22-3)11-12-19-21(20)16-8-4-5-10-17(16)23-19/h4-12H,1-3H3. The van der Waals surface area contributed by atoms with Gasteiger partial charge in [0.25, 0.3) is 0 Å². The molecule has 0 aliphatic rings. The molecule has 2 nitrogen and oxygen atoms in total. The van der Waals surface area contributed by atoms with E-state index in [2.05, 4.69) is 38.1 Å². The van der Waals surface area contributed by atoms with Crippen LogP contribution in [0.1, 0.15) is 11.1 Å². The lowest BCUT2D eigenvalue weighted by Crippen LogP contribution is -1.92. The molecule has 4 rings (SSSR count). The summed E-state index contributed by atoms with van der Waals surface area (Å²) in [5.74, 6) is 0.873. The van der Waals surface area contributed by atoms with Gasteiger partial charge in [-0.1, -0.05) is 36.4 Å². The van der Waals surface area contributed by atoms with E-state index in [-0.39, 0.29) is 0 Å². The molecule has 3 aromatic carbocycles. The smallest absolute Gasteiger partial charge is 0.136 e. The number of rotatable bonds is 2. The van der Waals surface area contributed by atoms with Crippen LogP contribution in [0.4, 0.5) is 0 Å². The molecule has 0 aliphatic carbocycles. The fraction of sp³-hybridized carbons (Fsp3) is 0.143. The van der Waals surface area contributed by atoms with Crippen LogP contribution < -0.4 is 4.74 Å². The lowest BCUT2D eigenvalue weighted by Gasteiger charge is -2.14. The molecular weight excluding hydrogens is 284 g/mol. The average molecular weight is 302 g/mol. The Morgan fingerprint density at radius 2 is 1.65 bits per heavy atom. The zero-order valence-corrected chi connectivity index (χ0v) is 13.5. The minimum absolute atomic E-state index is 0.873. The molecule has 0 saturated carbocycles. The molecule has 4 aromatic rings. The van der Waals surface area contributed by atoms with Gasteiger partial charge in [-0.15, -0.1) is 0 Å². The SMILES string of the molecule is COc1ccc2oc3ccccc3c2c1-c1cccc(C)c1C. The molecule has 1 aromatic heterocycles. The molecule has 114 valence electrons. The van der Waals surface area contributed by atoms with Gasteiger partial charge in [-0.25, -0.2) is 0 Å². The van der Waals surface area contributed by atoms with E-state index in [0.717, 1.165) is 33.3 Å². The van der Waals surface area contributed by atoms with Crippen molar-refractivity contribution in [2.45, 2.75) is 13.8 Å². The Bertz CT molecular complexity index is 1020. The van der Waals surface area contributed by atoms with E-state index in [4.69, 9.17) is 9.15 Å². The van der Waals surface area contributed by atoms with Crippen molar-refractivity contribution in [2.24, 2.45) is 0 Å². The quantitative estimate of drug-likeness (QED) is 0.461. The predicted octanol–water partition coefficient (Wildman–Crippen LogP) is 5.88. The van der Waals surface area contributed by atoms with Crippen LogP contribution in [0.2, 0.25) is 0 Å². The maximum absolute atomic E-state index is 6.03. The van der Waals surface area contributed by atoms with E-state index in [0.29, 0.717) is 0 Å². The molecule has 0 N–H and O–H groups in total. The van der Waals surface area contributed by atoms with Crippen molar-refractivity contribution in [3.8, 4) is 16.9 Å². The van der Waals surface area contributed by atoms with E-state index in [9.17, 15) is 0 Å². The van der Waals surface area contributed by atoms with Crippen LogP contribution in [0.5, 0.6) is 5.75 Å². The average Bonchev–Trinajstić information content (AvgIpc) is 2.95. The lowest BCUT2D eigenvalue weighted by atomic mass is 9.93. The summed E-state index contributed by atoms with van der Waals surface area (Å²) in [6.07, 6.45) is 0. The molecule has 0 fully saturated rings. The molecule has 0 atom stereocenters. The van der Waals surface area contributed by atoms with Gasteiger partial charge in [0, 0.05) is 16.3 Å². The maximum Gasteiger partial charge on any atom is 0.136 e. The largest absolute Gasteiger partial charge is 0.496 e. The lowest BCUT2D eigenvalue weighted by molar-refractivity contribution is 0.417. The predicted molar refractivity (Wildman–Crippen MR) is 95.2 cm³/mol. The van der Waals surface area contributed by atoms with E-state index in [1.807, 2.05) is 30.3 Å². The van der Waals surface area contributed by atoms with Crippen LogP contribution in [0.25, 0.3) is 33.1 Å². The summed E-state index contributed by atoms with van der Waals surface area (Å²) in [4.78, 5) is 0. The Balaban J connectivity index is 2.21. The van der Waals surface area contributed by atoms with E-state index in [1.165, 1.54) is 16.7 Å². The molecule has 1 heterocycles. The zero-order chi connectivity index (χ0) is 16.0. The van der Waals surface area contributed by atoms with Crippen molar-refractivity contribution >= 4 is 21.9 Å². The number of fused-ring (bicyclic) bond motifs is 3. The van der Waals surface area contributed by atoms with Gasteiger partial charge in [0.1, 0.15) is 16.9 Å². The van der Waals surface area contributed by atoms with Gasteiger partial charge in [-0.3, -0.25) is 0 Å². The molecule has 0 amide bonds. The van der Waals surface area contributed by atoms with Crippen molar-refractivity contribution < 1.29 is 9.15 Å². The second kappa shape index (κ2) is 5.17. The second-order valence-electron chi connectivity index (χ2n) is 5.86. The summed E-state index contributed by atoms with van der Waals surface area (Å²) in [7, 11) is 1.72. The molecule has 0 unspecified atom stereocenters. The summed E-state index contributed by atoms with van der Waals surface area (Å²) in [6, 6.07) is 18.5. The third-order valence-corrected chi connectivity index (χ3v) is 4.60. The van der Waals surface area contributed by atoms with Crippen LogP contribution in [0, 0.1) is 13.8 Å². The topological polar surface area (TPSA) is 22.4 Å². The zero-order valence-electron chi connectivity index (χ0n) is 13.5. The van der Waals surface area contributed by atoms with Crippen LogP contribution >= 0.6 is 0 Å². The highest BCUT2D eigenvalue weighted by Crippen LogP contribution is 2.43. The minimum atomic E-state index is 0.873. The highest BCUT2D eigenvalue weighted by atomic mass is 16.5. The number of aryl methyl sites for hydroxylation is 1. The first kappa shape index (κ1) is 13.9. The summed E-state index contributed by atoms with van der Waals surface area (Å²) in [5.41, 5.74) is 6.64. The van der Waals surface area contributed by atoms with Crippen LogP contribution in [0.15, 0.2) is 59.0 Å². The summed E-state index contributed by atoms with van der Waals surface area (Å²) in [6.45, 7) is 4.30. The van der Waals surface area contributed by atoms with E-state index < -0.39 is 0 Å². The van der Waals surface area contributed by atoms with Crippen LogP contribution in [0.3, 0.4) is 0 Å². The number of furan rings is 1. The number of ether oxygens (including phenoxy) is 1. The van der Waals surface area contributed by atoms with Crippen molar-refractivity contribution in [3.05, 3.63) is 65.7 Å². The molecule has 0 aliphatic heterocycles. The van der Waals surface area contributed by atoms with Crippen LogP contribution in [-0.2, 0) is 0 Å². The van der Waals surface area contributed by atoms with Crippen molar-refractivity contribution in [2.75, 3.05) is 7.11 Å². The Kier molecular flexibility index (Phi) is 3.12. The van der Waals surface area contributed by atoms with Gasteiger partial charge in [0.05, 0.1) is 7.11 Å². The van der Waals surface area contributed by atoms with Crippen molar-refractivity contribution in [1.29, 1.82) is 0 Å². The molecule has 0 saturated heterocycles. The van der Waals surface area contributed by atoms with Gasteiger partial charge in [0.15, 0.2) is 0 Å². The first-order chi connectivity index (χ1) is 11.2. The third-order valence-electron chi connectivity index (χ3n) is 4.60. The molecule has 23 heavy (non-hydrogen) atoms. The highest BCUT2D eigenvalue weighted by molar-refractivity contribution is 6.14. The van der Waals surface area contributed by atoms with E-state index >= 15 is 0 Å².